The average Bonchev–Trinajstić information content (AvgIpc) is 2.48. The van der Waals surface area contributed by atoms with Crippen molar-refractivity contribution in [3.8, 4) is 23.0 Å². The third kappa shape index (κ3) is 3.48. The molecule has 0 spiro atoms. The van der Waals surface area contributed by atoms with E-state index in [-0.39, 0.29) is 11.5 Å². The van der Waals surface area contributed by atoms with Crippen LogP contribution in [0, 0.1) is 0 Å². The molecule has 2 N–H and O–H groups in total. The van der Waals surface area contributed by atoms with E-state index < -0.39 is 0 Å². The Hall–Kier alpha value is -2.16. The summed E-state index contributed by atoms with van der Waals surface area (Å²) >= 11 is 0. The summed E-state index contributed by atoms with van der Waals surface area (Å²) < 4.78 is 5.71. The van der Waals surface area contributed by atoms with Crippen molar-refractivity contribution >= 4 is 0 Å². The number of hydrogen-bond acceptors (Lipinski definition) is 3. The van der Waals surface area contributed by atoms with Crippen LogP contribution in [0.2, 0.25) is 0 Å². The maximum Gasteiger partial charge on any atom is 0.169 e. The van der Waals surface area contributed by atoms with E-state index in [2.05, 4.69) is 13.8 Å². The highest BCUT2D eigenvalue weighted by Gasteiger charge is 2.12. The van der Waals surface area contributed by atoms with E-state index in [4.69, 9.17) is 4.74 Å². The molecular weight excluding hydrogens is 264 g/mol. The van der Waals surface area contributed by atoms with Crippen molar-refractivity contribution in [3.05, 3.63) is 47.5 Å². The smallest absolute Gasteiger partial charge is 0.169 e. The second-order valence-corrected chi connectivity index (χ2v) is 5.13. The number of phenolic OH excluding ortho intramolecular Hbond substituents is 2. The Morgan fingerprint density at radius 1 is 0.762 bits per heavy atom. The summed E-state index contributed by atoms with van der Waals surface area (Å²) in [6, 6.07) is 10.9. The summed E-state index contributed by atoms with van der Waals surface area (Å²) in [4.78, 5) is 0. The molecule has 0 unspecified atom stereocenters. The van der Waals surface area contributed by atoms with E-state index in [0.717, 1.165) is 36.8 Å². The summed E-state index contributed by atoms with van der Waals surface area (Å²) in [5.74, 6) is 1.06. The van der Waals surface area contributed by atoms with Crippen LogP contribution in [0.15, 0.2) is 36.4 Å². The second-order valence-electron chi connectivity index (χ2n) is 5.13. The molecule has 0 atom stereocenters. The Morgan fingerprint density at radius 2 is 1.19 bits per heavy atom. The van der Waals surface area contributed by atoms with Crippen LogP contribution < -0.4 is 4.74 Å². The topological polar surface area (TPSA) is 49.7 Å². The van der Waals surface area contributed by atoms with Crippen molar-refractivity contribution in [3.63, 3.8) is 0 Å². The predicted octanol–water partition coefficient (Wildman–Crippen LogP) is 4.80. The minimum atomic E-state index is 0.152. The standard InChI is InChI=1S/C18H22O3/c1-3-7-13-9-5-11-15(17(13)19)21-16-12-6-10-14(8-4-2)18(16)20/h5-6,9-12,19-20H,3-4,7-8H2,1-2H3. The molecule has 0 aliphatic carbocycles. The summed E-state index contributed by atoms with van der Waals surface area (Å²) in [5.41, 5.74) is 1.72. The molecule has 0 bridgehead atoms. The normalized spacial score (nSPS) is 10.6. The maximum atomic E-state index is 10.2. The fourth-order valence-electron chi connectivity index (χ4n) is 2.36. The van der Waals surface area contributed by atoms with Crippen molar-refractivity contribution in [2.75, 3.05) is 0 Å². The van der Waals surface area contributed by atoms with Gasteiger partial charge in [0, 0.05) is 0 Å². The highest BCUT2D eigenvalue weighted by molar-refractivity contribution is 5.52. The van der Waals surface area contributed by atoms with Gasteiger partial charge >= 0.3 is 0 Å². The highest BCUT2D eigenvalue weighted by Crippen LogP contribution is 2.39. The third-order valence-corrected chi connectivity index (χ3v) is 3.42. The van der Waals surface area contributed by atoms with Crippen LogP contribution in [0.3, 0.4) is 0 Å². The number of benzene rings is 2. The van der Waals surface area contributed by atoms with E-state index in [0.29, 0.717) is 11.5 Å². The van der Waals surface area contributed by atoms with Crippen molar-refractivity contribution in [1.29, 1.82) is 0 Å². The van der Waals surface area contributed by atoms with Crippen LogP contribution in [0.4, 0.5) is 0 Å². The van der Waals surface area contributed by atoms with Crippen LogP contribution in [-0.4, -0.2) is 10.2 Å². The van der Waals surface area contributed by atoms with Gasteiger partial charge in [-0.15, -0.1) is 0 Å². The molecular formula is C18H22O3. The van der Waals surface area contributed by atoms with Crippen LogP contribution in [0.5, 0.6) is 23.0 Å². The second kappa shape index (κ2) is 7.02. The largest absolute Gasteiger partial charge is 0.504 e. The zero-order valence-corrected chi connectivity index (χ0v) is 12.6. The molecule has 2 aromatic carbocycles. The van der Waals surface area contributed by atoms with Gasteiger partial charge in [-0.1, -0.05) is 51.0 Å². The van der Waals surface area contributed by atoms with Gasteiger partial charge < -0.3 is 14.9 Å². The summed E-state index contributed by atoms with van der Waals surface area (Å²) in [6.07, 6.45) is 3.50. The van der Waals surface area contributed by atoms with Gasteiger partial charge in [0.1, 0.15) is 0 Å². The monoisotopic (exact) mass is 286 g/mol. The molecule has 112 valence electrons. The first-order valence-corrected chi connectivity index (χ1v) is 7.46. The van der Waals surface area contributed by atoms with Crippen molar-refractivity contribution in [1.82, 2.24) is 0 Å². The fourth-order valence-corrected chi connectivity index (χ4v) is 2.36. The minimum Gasteiger partial charge on any atom is -0.504 e. The van der Waals surface area contributed by atoms with Crippen LogP contribution >= 0.6 is 0 Å². The summed E-state index contributed by atoms with van der Waals surface area (Å²) in [5, 5.41) is 20.5. The fraction of sp³-hybridized carbons (Fsp3) is 0.333. The molecule has 3 heteroatoms. The molecule has 0 aliphatic heterocycles. The molecule has 0 saturated heterocycles. The molecule has 21 heavy (non-hydrogen) atoms. The number of phenols is 2. The molecule has 0 fully saturated rings. The lowest BCUT2D eigenvalue weighted by molar-refractivity contribution is 0.380. The lowest BCUT2D eigenvalue weighted by Crippen LogP contribution is -1.92. The number of rotatable bonds is 6. The first-order chi connectivity index (χ1) is 10.2. The Labute approximate surface area is 125 Å². The molecule has 0 aliphatic rings. The number of para-hydroxylation sites is 2. The Morgan fingerprint density at radius 3 is 1.57 bits per heavy atom. The predicted molar refractivity (Wildman–Crippen MR) is 84.3 cm³/mol. The van der Waals surface area contributed by atoms with Gasteiger partial charge in [0.2, 0.25) is 0 Å². The molecule has 0 heterocycles. The Bertz CT molecular complexity index is 552. The van der Waals surface area contributed by atoms with Gasteiger partial charge in [-0.3, -0.25) is 0 Å². The first-order valence-electron chi connectivity index (χ1n) is 7.46. The van der Waals surface area contributed by atoms with Gasteiger partial charge in [-0.25, -0.2) is 0 Å². The third-order valence-electron chi connectivity index (χ3n) is 3.42. The number of ether oxygens (including phenoxy) is 1. The van der Waals surface area contributed by atoms with Crippen LogP contribution in [0.1, 0.15) is 37.8 Å². The van der Waals surface area contributed by atoms with E-state index >= 15 is 0 Å². The quantitative estimate of drug-likeness (QED) is 0.802. The molecule has 0 amide bonds. The van der Waals surface area contributed by atoms with Gasteiger partial charge in [0.25, 0.3) is 0 Å². The van der Waals surface area contributed by atoms with Gasteiger partial charge in [-0.05, 0) is 36.1 Å². The zero-order chi connectivity index (χ0) is 15.2. The minimum absolute atomic E-state index is 0.152. The van der Waals surface area contributed by atoms with Crippen molar-refractivity contribution < 1.29 is 14.9 Å². The van der Waals surface area contributed by atoms with E-state index in [1.54, 1.807) is 12.1 Å². The molecule has 2 rings (SSSR count). The summed E-state index contributed by atoms with van der Waals surface area (Å²) in [6.45, 7) is 4.13. The number of hydrogen-bond donors (Lipinski definition) is 2. The number of aryl methyl sites for hydroxylation is 2. The Balaban J connectivity index is 2.30. The molecule has 0 radical (unpaired) electrons. The Kier molecular flexibility index (Phi) is 5.09. The molecule has 0 aromatic heterocycles. The maximum absolute atomic E-state index is 10.2. The molecule has 3 nitrogen and oxygen atoms in total. The van der Waals surface area contributed by atoms with Gasteiger partial charge in [-0.2, -0.15) is 0 Å². The van der Waals surface area contributed by atoms with Crippen molar-refractivity contribution in [2.24, 2.45) is 0 Å². The van der Waals surface area contributed by atoms with E-state index in [1.807, 2.05) is 24.3 Å². The van der Waals surface area contributed by atoms with Gasteiger partial charge in [0.15, 0.2) is 23.0 Å². The van der Waals surface area contributed by atoms with E-state index in [9.17, 15) is 10.2 Å². The zero-order valence-electron chi connectivity index (χ0n) is 12.6. The lowest BCUT2D eigenvalue weighted by atomic mass is 10.1. The van der Waals surface area contributed by atoms with Crippen LogP contribution in [0.25, 0.3) is 0 Å². The summed E-state index contributed by atoms with van der Waals surface area (Å²) in [7, 11) is 0. The van der Waals surface area contributed by atoms with E-state index in [1.165, 1.54) is 0 Å². The van der Waals surface area contributed by atoms with Gasteiger partial charge in [0.05, 0.1) is 0 Å². The SMILES string of the molecule is CCCc1cccc(Oc2cccc(CCC)c2O)c1O. The molecule has 2 aromatic rings. The highest BCUT2D eigenvalue weighted by atomic mass is 16.5. The average molecular weight is 286 g/mol. The lowest BCUT2D eigenvalue weighted by Gasteiger charge is -2.13. The molecule has 0 saturated carbocycles. The van der Waals surface area contributed by atoms with Crippen LogP contribution in [-0.2, 0) is 12.8 Å². The number of aromatic hydroxyl groups is 2. The van der Waals surface area contributed by atoms with Crippen molar-refractivity contribution in [2.45, 2.75) is 39.5 Å². The first kappa shape index (κ1) is 15.2.